The van der Waals surface area contributed by atoms with E-state index in [0.29, 0.717) is 23.6 Å². The van der Waals surface area contributed by atoms with E-state index >= 15 is 0 Å². The summed E-state index contributed by atoms with van der Waals surface area (Å²) in [7, 11) is 1.35. The van der Waals surface area contributed by atoms with Gasteiger partial charge in [0, 0.05) is 19.3 Å². The number of benzene rings is 1. The van der Waals surface area contributed by atoms with E-state index in [9.17, 15) is 9.59 Å². The minimum atomic E-state index is -0.377. The number of amides is 1. The molecule has 1 unspecified atom stereocenters. The molecular weight excluding hydrogens is 330 g/mol. The molecule has 1 amide bonds. The fourth-order valence-corrected chi connectivity index (χ4v) is 3.10. The van der Waals surface area contributed by atoms with Gasteiger partial charge in [0.25, 0.3) is 5.91 Å². The number of pyridine rings is 1. The Hall–Kier alpha value is -2.73. The van der Waals surface area contributed by atoms with Gasteiger partial charge in [-0.2, -0.15) is 0 Å². The predicted octanol–water partition coefficient (Wildman–Crippen LogP) is 2.60. The Labute approximate surface area is 153 Å². The van der Waals surface area contributed by atoms with Crippen LogP contribution in [0.1, 0.15) is 57.4 Å². The molecule has 2 aromatic rings. The first-order valence-electron chi connectivity index (χ1n) is 8.67. The SMILES string of the molecule is COC(=O)c1ccc(CNC(=O)c2cnc3c(c2)CNC3C(C)C)cc1. The van der Waals surface area contributed by atoms with Crippen LogP contribution < -0.4 is 10.6 Å². The van der Waals surface area contributed by atoms with Crippen molar-refractivity contribution in [2.24, 2.45) is 5.92 Å². The Morgan fingerprint density at radius 3 is 2.65 bits per heavy atom. The van der Waals surface area contributed by atoms with Crippen LogP contribution >= 0.6 is 0 Å². The number of carbonyl (C=O) groups excluding carboxylic acids is 2. The maximum Gasteiger partial charge on any atom is 0.337 e. The molecule has 0 saturated carbocycles. The number of methoxy groups -OCH3 is 1. The molecular formula is C20H23N3O3. The monoisotopic (exact) mass is 353 g/mol. The van der Waals surface area contributed by atoms with E-state index in [4.69, 9.17) is 0 Å². The van der Waals surface area contributed by atoms with Crippen LogP contribution in [-0.2, 0) is 17.8 Å². The molecule has 0 aliphatic carbocycles. The van der Waals surface area contributed by atoms with Gasteiger partial charge in [-0.1, -0.05) is 26.0 Å². The number of carbonyl (C=O) groups is 2. The number of ether oxygens (including phenoxy) is 1. The normalized spacial score (nSPS) is 15.6. The molecule has 6 heteroatoms. The third kappa shape index (κ3) is 3.75. The van der Waals surface area contributed by atoms with Gasteiger partial charge in [0.1, 0.15) is 0 Å². The molecule has 1 aliphatic rings. The van der Waals surface area contributed by atoms with Crippen molar-refractivity contribution in [2.45, 2.75) is 33.0 Å². The van der Waals surface area contributed by atoms with Crippen LogP contribution in [0.2, 0.25) is 0 Å². The third-order valence-electron chi connectivity index (χ3n) is 4.57. The van der Waals surface area contributed by atoms with Crippen molar-refractivity contribution in [3.8, 4) is 0 Å². The fourth-order valence-electron chi connectivity index (χ4n) is 3.10. The largest absolute Gasteiger partial charge is 0.465 e. The molecule has 1 aliphatic heterocycles. The first-order chi connectivity index (χ1) is 12.5. The first-order valence-corrected chi connectivity index (χ1v) is 8.67. The van der Waals surface area contributed by atoms with Crippen LogP contribution in [-0.4, -0.2) is 24.0 Å². The third-order valence-corrected chi connectivity index (χ3v) is 4.57. The van der Waals surface area contributed by atoms with E-state index in [1.54, 1.807) is 30.5 Å². The van der Waals surface area contributed by atoms with Crippen molar-refractivity contribution in [1.82, 2.24) is 15.6 Å². The molecule has 1 atom stereocenters. The number of aromatic nitrogens is 1. The Morgan fingerprint density at radius 2 is 2.00 bits per heavy atom. The lowest BCUT2D eigenvalue weighted by Gasteiger charge is -2.15. The molecule has 1 aromatic carbocycles. The molecule has 0 spiro atoms. The lowest BCUT2D eigenvalue weighted by molar-refractivity contribution is 0.0600. The highest BCUT2D eigenvalue weighted by atomic mass is 16.5. The molecule has 0 saturated heterocycles. The summed E-state index contributed by atoms with van der Waals surface area (Å²) in [4.78, 5) is 28.3. The van der Waals surface area contributed by atoms with E-state index in [-0.39, 0.29) is 17.9 Å². The second-order valence-corrected chi connectivity index (χ2v) is 6.74. The topological polar surface area (TPSA) is 80.3 Å². The van der Waals surface area contributed by atoms with Gasteiger partial charge in [-0.25, -0.2) is 4.79 Å². The highest BCUT2D eigenvalue weighted by Crippen LogP contribution is 2.29. The van der Waals surface area contributed by atoms with Crippen molar-refractivity contribution in [3.05, 3.63) is 64.5 Å². The maximum atomic E-state index is 12.4. The van der Waals surface area contributed by atoms with Crippen LogP contribution in [0.3, 0.4) is 0 Å². The molecule has 0 bridgehead atoms. The quantitative estimate of drug-likeness (QED) is 0.808. The smallest absolute Gasteiger partial charge is 0.337 e. The number of nitrogens with one attached hydrogen (secondary N) is 2. The first kappa shape index (κ1) is 18.1. The lowest BCUT2D eigenvalue weighted by atomic mass is 10.0. The summed E-state index contributed by atoms with van der Waals surface area (Å²) in [6, 6.07) is 9.11. The zero-order valence-corrected chi connectivity index (χ0v) is 15.2. The summed E-state index contributed by atoms with van der Waals surface area (Å²) in [5.74, 6) is -0.0835. The molecule has 1 aromatic heterocycles. The van der Waals surface area contributed by atoms with Gasteiger partial charge in [0.2, 0.25) is 0 Å². The van der Waals surface area contributed by atoms with Crippen LogP contribution in [0.25, 0.3) is 0 Å². The number of esters is 1. The average molecular weight is 353 g/mol. The van der Waals surface area contributed by atoms with Crippen molar-refractivity contribution in [2.75, 3.05) is 7.11 Å². The van der Waals surface area contributed by atoms with E-state index in [1.807, 2.05) is 6.07 Å². The molecule has 2 N–H and O–H groups in total. The van der Waals surface area contributed by atoms with Crippen LogP contribution in [0.4, 0.5) is 0 Å². The average Bonchev–Trinajstić information content (AvgIpc) is 3.09. The maximum absolute atomic E-state index is 12.4. The molecule has 3 rings (SSSR count). The van der Waals surface area contributed by atoms with Crippen LogP contribution in [0.15, 0.2) is 36.5 Å². The Bertz CT molecular complexity index is 816. The number of hydrogen-bond acceptors (Lipinski definition) is 5. The summed E-state index contributed by atoms with van der Waals surface area (Å²) in [6.45, 7) is 5.42. The van der Waals surface area contributed by atoms with E-state index in [1.165, 1.54) is 7.11 Å². The van der Waals surface area contributed by atoms with Gasteiger partial charge in [0.05, 0.1) is 30.0 Å². The minimum Gasteiger partial charge on any atom is -0.465 e. The van der Waals surface area contributed by atoms with Crippen LogP contribution in [0.5, 0.6) is 0 Å². The molecule has 2 heterocycles. The standard InChI is InChI=1S/C20H23N3O3/c1-12(2)17-18-15(10-21-17)8-16(11-22-18)19(24)23-9-13-4-6-14(7-5-13)20(25)26-3/h4-8,11-12,17,21H,9-10H2,1-3H3,(H,23,24). The van der Waals surface area contributed by atoms with E-state index in [0.717, 1.165) is 23.4 Å². The second kappa shape index (κ2) is 7.66. The minimum absolute atomic E-state index is 0.162. The van der Waals surface area contributed by atoms with Gasteiger partial charge in [-0.15, -0.1) is 0 Å². The Balaban J connectivity index is 1.63. The van der Waals surface area contributed by atoms with Crippen molar-refractivity contribution >= 4 is 11.9 Å². The molecule has 0 fully saturated rings. The van der Waals surface area contributed by atoms with Gasteiger partial charge in [0.15, 0.2) is 0 Å². The number of fused-ring (bicyclic) bond motifs is 1. The van der Waals surface area contributed by atoms with Crippen molar-refractivity contribution in [3.63, 3.8) is 0 Å². The summed E-state index contributed by atoms with van der Waals surface area (Å²) < 4.78 is 4.67. The number of nitrogens with zero attached hydrogens (tertiary/aromatic N) is 1. The van der Waals surface area contributed by atoms with Gasteiger partial charge >= 0.3 is 5.97 Å². The Morgan fingerprint density at radius 1 is 1.27 bits per heavy atom. The van der Waals surface area contributed by atoms with Crippen molar-refractivity contribution < 1.29 is 14.3 Å². The zero-order chi connectivity index (χ0) is 18.7. The Kier molecular flexibility index (Phi) is 5.32. The van der Waals surface area contributed by atoms with E-state index in [2.05, 4.69) is 34.2 Å². The molecule has 136 valence electrons. The summed E-state index contributed by atoms with van der Waals surface area (Å²) in [5, 5.41) is 6.32. The zero-order valence-electron chi connectivity index (χ0n) is 15.2. The van der Waals surface area contributed by atoms with E-state index < -0.39 is 0 Å². The predicted molar refractivity (Wildman–Crippen MR) is 97.6 cm³/mol. The van der Waals surface area contributed by atoms with Gasteiger partial charge in [-0.05, 0) is 35.2 Å². The molecule has 0 radical (unpaired) electrons. The number of hydrogen-bond donors (Lipinski definition) is 2. The summed E-state index contributed by atoms with van der Waals surface area (Å²) >= 11 is 0. The highest BCUT2D eigenvalue weighted by Gasteiger charge is 2.26. The summed E-state index contributed by atoms with van der Waals surface area (Å²) in [6.07, 6.45) is 1.64. The molecule has 26 heavy (non-hydrogen) atoms. The fraction of sp³-hybridized carbons (Fsp3) is 0.350. The number of rotatable bonds is 5. The van der Waals surface area contributed by atoms with Gasteiger partial charge in [-0.3, -0.25) is 9.78 Å². The second-order valence-electron chi connectivity index (χ2n) is 6.74. The van der Waals surface area contributed by atoms with Crippen molar-refractivity contribution in [1.29, 1.82) is 0 Å². The molecule has 6 nitrogen and oxygen atoms in total. The van der Waals surface area contributed by atoms with Gasteiger partial charge < -0.3 is 15.4 Å². The summed E-state index contributed by atoms with van der Waals surface area (Å²) in [5.41, 5.74) is 4.06. The van der Waals surface area contributed by atoms with Crippen LogP contribution in [0, 0.1) is 5.92 Å². The lowest BCUT2D eigenvalue weighted by Crippen LogP contribution is -2.23. The highest BCUT2D eigenvalue weighted by molar-refractivity contribution is 5.94.